The quantitative estimate of drug-likeness (QED) is 0.739. The molecule has 5 nitrogen and oxygen atoms in total. The number of H-pyrrole nitrogens is 1. The predicted molar refractivity (Wildman–Crippen MR) is 71.0 cm³/mol. The Kier molecular flexibility index (Phi) is 2.38. The molecule has 98 valence electrons. The van der Waals surface area contributed by atoms with Crippen molar-refractivity contribution in [1.29, 1.82) is 0 Å². The maximum absolute atomic E-state index is 12.1. The van der Waals surface area contributed by atoms with E-state index in [9.17, 15) is 9.59 Å². The monoisotopic (exact) mass is 258 g/mol. The normalized spacial score (nSPS) is 16.3. The van der Waals surface area contributed by atoms with Crippen molar-refractivity contribution in [1.82, 2.24) is 4.98 Å². The van der Waals surface area contributed by atoms with Crippen LogP contribution in [0.1, 0.15) is 18.5 Å². The molecule has 1 aromatic carbocycles. The molecule has 5 heteroatoms. The van der Waals surface area contributed by atoms with Crippen molar-refractivity contribution < 1.29 is 14.7 Å². The standard InChI is InChI=1S/C14H14N2O3/c1-8-11(9-4-2-3-5-10(9)15-8)16-12(17)14(6-7-14)13(18)19/h2-5,15H,6-7H2,1H3,(H,16,17)(H,18,19). The van der Waals surface area contributed by atoms with Crippen molar-refractivity contribution in [2.45, 2.75) is 19.8 Å². The number of carboxylic acids is 1. The van der Waals surface area contributed by atoms with E-state index in [2.05, 4.69) is 10.3 Å². The predicted octanol–water partition coefficient (Wildman–Crippen LogP) is 2.28. The summed E-state index contributed by atoms with van der Waals surface area (Å²) in [4.78, 5) is 26.4. The van der Waals surface area contributed by atoms with Crippen LogP contribution in [0.25, 0.3) is 10.9 Å². The van der Waals surface area contributed by atoms with E-state index in [1.807, 2.05) is 31.2 Å². The van der Waals surface area contributed by atoms with Crippen LogP contribution in [0.4, 0.5) is 5.69 Å². The van der Waals surface area contributed by atoms with Gasteiger partial charge >= 0.3 is 5.97 Å². The Morgan fingerprint density at radius 1 is 1.32 bits per heavy atom. The maximum Gasteiger partial charge on any atom is 0.319 e. The Balaban J connectivity index is 1.96. The molecule has 1 heterocycles. The number of hydrogen-bond acceptors (Lipinski definition) is 2. The van der Waals surface area contributed by atoms with E-state index >= 15 is 0 Å². The third-order valence-corrected chi connectivity index (χ3v) is 3.73. The van der Waals surface area contributed by atoms with Gasteiger partial charge in [-0.05, 0) is 25.8 Å². The first-order valence-electron chi connectivity index (χ1n) is 6.17. The number of aromatic nitrogens is 1. The molecule has 2 aromatic rings. The van der Waals surface area contributed by atoms with Crippen molar-refractivity contribution in [3.63, 3.8) is 0 Å². The van der Waals surface area contributed by atoms with Crippen LogP contribution in [0.3, 0.4) is 0 Å². The smallest absolute Gasteiger partial charge is 0.319 e. The average molecular weight is 258 g/mol. The van der Waals surface area contributed by atoms with E-state index in [-0.39, 0.29) is 0 Å². The van der Waals surface area contributed by atoms with Gasteiger partial charge in [0.1, 0.15) is 5.41 Å². The van der Waals surface area contributed by atoms with Crippen molar-refractivity contribution in [3.05, 3.63) is 30.0 Å². The highest BCUT2D eigenvalue weighted by molar-refractivity contribution is 6.13. The first-order valence-corrected chi connectivity index (χ1v) is 6.17. The summed E-state index contributed by atoms with van der Waals surface area (Å²) in [7, 11) is 0. The zero-order valence-electron chi connectivity index (χ0n) is 10.5. The second-order valence-corrected chi connectivity index (χ2v) is 5.01. The lowest BCUT2D eigenvalue weighted by molar-refractivity contribution is -0.147. The molecule has 0 saturated heterocycles. The summed E-state index contributed by atoms with van der Waals surface area (Å²) in [5, 5.41) is 12.8. The van der Waals surface area contributed by atoms with Gasteiger partial charge in [0.05, 0.1) is 5.69 Å². The number of amides is 1. The van der Waals surface area contributed by atoms with Gasteiger partial charge in [0.25, 0.3) is 0 Å². The molecule has 3 N–H and O–H groups in total. The average Bonchev–Trinajstić information content (AvgIpc) is 3.13. The van der Waals surface area contributed by atoms with Crippen LogP contribution in [-0.2, 0) is 9.59 Å². The number of carbonyl (C=O) groups is 2. The molecule has 1 saturated carbocycles. The summed E-state index contributed by atoms with van der Waals surface area (Å²) in [6.07, 6.45) is 0.825. The molecule has 0 radical (unpaired) electrons. The molecule has 0 atom stereocenters. The fourth-order valence-corrected chi connectivity index (χ4v) is 2.33. The number of hydrogen-bond donors (Lipinski definition) is 3. The molecule has 0 bridgehead atoms. The van der Waals surface area contributed by atoms with Gasteiger partial charge in [-0.15, -0.1) is 0 Å². The molecule has 0 unspecified atom stereocenters. The number of aryl methyl sites for hydroxylation is 1. The van der Waals surface area contributed by atoms with E-state index in [1.165, 1.54) is 0 Å². The van der Waals surface area contributed by atoms with Crippen LogP contribution in [0.15, 0.2) is 24.3 Å². The summed E-state index contributed by atoms with van der Waals surface area (Å²) in [6, 6.07) is 7.61. The zero-order valence-corrected chi connectivity index (χ0v) is 10.5. The number of aromatic amines is 1. The van der Waals surface area contributed by atoms with Crippen LogP contribution < -0.4 is 5.32 Å². The lowest BCUT2D eigenvalue weighted by Gasteiger charge is -2.10. The molecular weight excluding hydrogens is 244 g/mol. The van der Waals surface area contributed by atoms with Crippen LogP contribution in [0, 0.1) is 12.3 Å². The fraction of sp³-hybridized carbons (Fsp3) is 0.286. The molecular formula is C14H14N2O3. The largest absolute Gasteiger partial charge is 0.480 e. The number of fused-ring (bicyclic) bond motifs is 1. The van der Waals surface area contributed by atoms with Crippen molar-refractivity contribution in [3.8, 4) is 0 Å². The number of carboxylic acid groups (broad SMARTS) is 1. The Bertz CT molecular complexity index is 683. The molecule has 1 amide bonds. The topological polar surface area (TPSA) is 82.2 Å². The number of nitrogens with one attached hydrogen (secondary N) is 2. The van der Waals surface area contributed by atoms with Crippen LogP contribution in [-0.4, -0.2) is 22.0 Å². The summed E-state index contributed by atoms with van der Waals surface area (Å²) >= 11 is 0. The van der Waals surface area contributed by atoms with E-state index in [0.717, 1.165) is 16.6 Å². The zero-order chi connectivity index (χ0) is 13.6. The number of rotatable bonds is 3. The summed E-state index contributed by atoms with van der Waals surface area (Å²) in [5.41, 5.74) is 1.21. The van der Waals surface area contributed by atoms with E-state index in [1.54, 1.807) is 0 Å². The second kappa shape index (κ2) is 3.85. The van der Waals surface area contributed by atoms with Crippen LogP contribution >= 0.6 is 0 Å². The summed E-state index contributed by atoms with van der Waals surface area (Å²) < 4.78 is 0. The van der Waals surface area contributed by atoms with Crippen molar-refractivity contribution >= 4 is 28.5 Å². The highest BCUT2D eigenvalue weighted by Crippen LogP contribution is 2.47. The third kappa shape index (κ3) is 1.69. The van der Waals surface area contributed by atoms with Gasteiger partial charge in [-0.1, -0.05) is 18.2 Å². The van der Waals surface area contributed by atoms with Gasteiger partial charge < -0.3 is 15.4 Å². The Labute approximate surface area is 109 Å². The lowest BCUT2D eigenvalue weighted by Crippen LogP contribution is -2.31. The molecule has 1 aliphatic carbocycles. The fourth-order valence-electron chi connectivity index (χ4n) is 2.33. The minimum Gasteiger partial charge on any atom is -0.480 e. The van der Waals surface area contributed by atoms with Crippen molar-refractivity contribution in [2.24, 2.45) is 5.41 Å². The molecule has 0 aliphatic heterocycles. The van der Waals surface area contributed by atoms with E-state index in [0.29, 0.717) is 18.5 Å². The number of carbonyl (C=O) groups excluding carboxylic acids is 1. The van der Waals surface area contributed by atoms with Gasteiger partial charge in [0.15, 0.2) is 0 Å². The molecule has 3 rings (SSSR count). The molecule has 1 aromatic heterocycles. The van der Waals surface area contributed by atoms with Gasteiger partial charge in [0, 0.05) is 16.6 Å². The van der Waals surface area contributed by atoms with E-state index in [4.69, 9.17) is 5.11 Å². The Morgan fingerprint density at radius 2 is 2.00 bits per heavy atom. The van der Waals surface area contributed by atoms with Crippen LogP contribution in [0.5, 0.6) is 0 Å². The van der Waals surface area contributed by atoms with E-state index < -0.39 is 17.3 Å². The molecule has 19 heavy (non-hydrogen) atoms. The second-order valence-electron chi connectivity index (χ2n) is 5.01. The first-order chi connectivity index (χ1) is 9.04. The minimum atomic E-state index is -1.22. The lowest BCUT2D eigenvalue weighted by atomic mass is 10.1. The minimum absolute atomic E-state index is 0.412. The molecule has 1 fully saturated rings. The number of benzene rings is 1. The number of anilines is 1. The van der Waals surface area contributed by atoms with Crippen LogP contribution in [0.2, 0.25) is 0 Å². The highest BCUT2D eigenvalue weighted by Gasteiger charge is 2.57. The summed E-state index contributed by atoms with van der Waals surface area (Å²) in [5.74, 6) is -1.46. The number of para-hydroxylation sites is 1. The first kappa shape index (κ1) is 11.8. The number of aliphatic carboxylic acids is 1. The third-order valence-electron chi connectivity index (χ3n) is 3.73. The highest BCUT2D eigenvalue weighted by atomic mass is 16.4. The van der Waals surface area contributed by atoms with Crippen molar-refractivity contribution in [2.75, 3.05) is 5.32 Å². The maximum atomic E-state index is 12.1. The van der Waals surface area contributed by atoms with Gasteiger partial charge in [-0.3, -0.25) is 9.59 Å². The SMILES string of the molecule is Cc1[nH]c2ccccc2c1NC(=O)C1(C(=O)O)CC1. The van der Waals surface area contributed by atoms with Gasteiger partial charge in [0.2, 0.25) is 5.91 Å². The Hall–Kier alpha value is -2.30. The molecule has 1 aliphatic rings. The summed E-state index contributed by atoms with van der Waals surface area (Å²) in [6.45, 7) is 1.86. The Morgan fingerprint density at radius 3 is 2.63 bits per heavy atom. The molecule has 0 spiro atoms. The van der Waals surface area contributed by atoms with Gasteiger partial charge in [-0.25, -0.2) is 0 Å². The van der Waals surface area contributed by atoms with Gasteiger partial charge in [-0.2, -0.15) is 0 Å².